The van der Waals surface area contributed by atoms with E-state index in [2.05, 4.69) is 13.8 Å². The molecule has 2 nitrogen and oxygen atoms in total. The average molecular weight is 156 g/mol. The highest BCUT2D eigenvalue weighted by Gasteiger charge is 2.60. The topological polar surface area (TPSA) is 32.8 Å². The summed E-state index contributed by atoms with van der Waals surface area (Å²) in [6, 6.07) is 0. The van der Waals surface area contributed by atoms with Gasteiger partial charge in [0, 0.05) is 6.42 Å². The summed E-state index contributed by atoms with van der Waals surface area (Å²) in [7, 11) is 0. The lowest BCUT2D eigenvalue weighted by Crippen LogP contribution is -2.32. The minimum Gasteiger partial charge on any atom is -0.393 e. The van der Waals surface area contributed by atoms with Gasteiger partial charge in [-0.25, -0.2) is 0 Å². The number of hydrogen-bond acceptors (Lipinski definition) is 2. The van der Waals surface area contributed by atoms with Crippen LogP contribution in [-0.2, 0) is 4.74 Å². The maximum absolute atomic E-state index is 9.49. The van der Waals surface area contributed by atoms with Gasteiger partial charge in [-0.1, -0.05) is 13.8 Å². The van der Waals surface area contributed by atoms with Crippen molar-refractivity contribution in [3.8, 4) is 0 Å². The summed E-state index contributed by atoms with van der Waals surface area (Å²) < 4.78 is 5.64. The molecular weight excluding hydrogens is 140 g/mol. The molecule has 0 aromatic heterocycles. The summed E-state index contributed by atoms with van der Waals surface area (Å²) >= 11 is 0. The predicted octanol–water partition coefficient (Wildman–Crippen LogP) is 1.32. The standard InChI is InChI=1S/C9H16O2/c1-3-9-5-7(10)4-6(2)8(9)11-9/h6-8,10H,3-5H2,1-2H3. The Morgan fingerprint density at radius 3 is 3.00 bits per heavy atom. The van der Waals surface area contributed by atoms with Crippen LogP contribution < -0.4 is 0 Å². The van der Waals surface area contributed by atoms with Crippen molar-refractivity contribution in [2.45, 2.75) is 50.9 Å². The van der Waals surface area contributed by atoms with Crippen LogP contribution in [0.1, 0.15) is 33.1 Å². The molecule has 2 rings (SSSR count). The number of epoxide rings is 1. The van der Waals surface area contributed by atoms with E-state index >= 15 is 0 Å². The lowest BCUT2D eigenvalue weighted by molar-refractivity contribution is 0.0963. The Morgan fingerprint density at radius 1 is 1.64 bits per heavy atom. The van der Waals surface area contributed by atoms with Crippen molar-refractivity contribution in [2.24, 2.45) is 5.92 Å². The van der Waals surface area contributed by atoms with E-state index in [1.807, 2.05) is 0 Å². The average Bonchev–Trinajstić information content (AvgIpc) is 2.64. The molecule has 1 N–H and O–H groups in total. The second-order valence-corrected chi connectivity index (χ2v) is 4.03. The van der Waals surface area contributed by atoms with E-state index in [-0.39, 0.29) is 11.7 Å². The van der Waals surface area contributed by atoms with E-state index in [9.17, 15) is 5.11 Å². The molecule has 64 valence electrons. The van der Waals surface area contributed by atoms with Crippen LogP contribution in [0, 0.1) is 5.92 Å². The Bertz CT molecular complexity index is 169. The van der Waals surface area contributed by atoms with Crippen LogP contribution >= 0.6 is 0 Å². The predicted molar refractivity (Wildman–Crippen MR) is 42.3 cm³/mol. The van der Waals surface area contributed by atoms with Crippen molar-refractivity contribution in [1.82, 2.24) is 0 Å². The van der Waals surface area contributed by atoms with Gasteiger partial charge in [-0.15, -0.1) is 0 Å². The molecule has 1 aliphatic heterocycles. The third-order valence-corrected chi connectivity index (χ3v) is 3.16. The molecule has 0 aromatic carbocycles. The van der Waals surface area contributed by atoms with Crippen LogP contribution in [0.15, 0.2) is 0 Å². The summed E-state index contributed by atoms with van der Waals surface area (Å²) in [5, 5.41) is 9.49. The lowest BCUT2D eigenvalue weighted by atomic mass is 9.79. The number of aliphatic hydroxyl groups excluding tert-OH is 1. The number of ether oxygens (including phenoxy) is 1. The molecule has 1 aliphatic carbocycles. The highest BCUT2D eigenvalue weighted by molar-refractivity contribution is 5.08. The fraction of sp³-hybridized carbons (Fsp3) is 1.00. The maximum Gasteiger partial charge on any atom is 0.0973 e. The van der Waals surface area contributed by atoms with Gasteiger partial charge in [0.2, 0.25) is 0 Å². The summed E-state index contributed by atoms with van der Waals surface area (Å²) in [5.74, 6) is 0.554. The van der Waals surface area contributed by atoms with E-state index in [0.717, 1.165) is 19.3 Å². The first-order chi connectivity index (χ1) is 5.18. The molecule has 0 aromatic rings. The fourth-order valence-electron chi connectivity index (χ4n) is 2.48. The largest absolute Gasteiger partial charge is 0.393 e. The number of fused-ring (bicyclic) bond motifs is 1. The molecule has 4 unspecified atom stereocenters. The van der Waals surface area contributed by atoms with E-state index in [4.69, 9.17) is 4.74 Å². The van der Waals surface area contributed by atoms with Crippen molar-refractivity contribution in [3.63, 3.8) is 0 Å². The Morgan fingerprint density at radius 2 is 2.36 bits per heavy atom. The Hall–Kier alpha value is -0.0800. The molecule has 0 radical (unpaired) electrons. The Balaban J connectivity index is 2.08. The van der Waals surface area contributed by atoms with Crippen LogP contribution in [0.2, 0.25) is 0 Å². The van der Waals surface area contributed by atoms with Crippen LogP contribution in [0.5, 0.6) is 0 Å². The summed E-state index contributed by atoms with van der Waals surface area (Å²) in [5.41, 5.74) is 0.0804. The van der Waals surface area contributed by atoms with Gasteiger partial charge in [0.05, 0.1) is 17.8 Å². The second kappa shape index (κ2) is 2.20. The highest BCUT2D eigenvalue weighted by atomic mass is 16.6. The molecule has 2 aliphatic rings. The van der Waals surface area contributed by atoms with Gasteiger partial charge in [0.15, 0.2) is 0 Å². The Kier molecular flexibility index (Phi) is 1.52. The van der Waals surface area contributed by atoms with Gasteiger partial charge in [-0.05, 0) is 18.8 Å². The first-order valence-corrected chi connectivity index (χ1v) is 4.54. The lowest BCUT2D eigenvalue weighted by Gasteiger charge is -2.24. The summed E-state index contributed by atoms with van der Waals surface area (Å²) in [6.07, 6.45) is 3.17. The van der Waals surface area contributed by atoms with Gasteiger partial charge in [-0.2, -0.15) is 0 Å². The summed E-state index contributed by atoms with van der Waals surface area (Å²) in [6.45, 7) is 4.31. The first kappa shape index (κ1) is 7.56. The second-order valence-electron chi connectivity index (χ2n) is 4.03. The molecule has 0 amide bonds. The minimum absolute atomic E-state index is 0.0804. The van der Waals surface area contributed by atoms with E-state index in [0.29, 0.717) is 12.0 Å². The maximum atomic E-state index is 9.49. The third-order valence-electron chi connectivity index (χ3n) is 3.16. The summed E-state index contributed by atoms with van der Waals surface area (Å²) in [4.78, 5) is 0. The van der Waals surface area contributed by atoms with Gasteiger partial charge in [0.25, 0.3) is 0 Å². The van der Waals surface area contributed by atoms with Crippen molar-refractivity contribution < 1.29 is 9.84 Å². The molecule has 0 bridgehead atoms. The monoisotopic (exact) mass is 156 g/mol. The van der Waals surface area contributed by atoms with E-state index in [1.54, 1.807) is 0 Å². The fourth-order valence-corrected chi connectivity index (χ4v) is 2.48. The molecule has 0 spiro atoms. The number of aliphatic hydroxyl groups is 1. The first-order valence-electron chi connectivity index (χ1n) is 4.54. The van der Waals surface area contributed by atoms with Gasteiger partial charge < -0.3 is 9.84 Å². The van der Waals surface area contributed by atoms with Crippen LogP contribution in [0.4, 0.5) is 0 Å². The molecule has 11 heavy (non-hydrogen) atoms. The zero-order valence-corrected chi connectivity index (χ0v) is 7.21. The molecule has 1 heterocycles. The van der Waals surface area contributed by atoms with Crippen LogP contribution in [0.25, 0.3) is 0 Å². The van der Waals surface area contributed by atoms with E-state index in [1.165, 1.54) is 0 Å². The molecular formula is C9H16O2. The number of rotatable bonds is 1. The van der Waals surface area contributed by atoms with Crippen molar-refractivity contribution in [3.05, 3.63) is 0 Å². The van der Waals surface area contributed by atoms with E-state index < -0.39 is 0 Å². The van der Waals surface area contributed by atoms with Gasteiger partial charge >= 0.3 is 0 Å². The molecule has 2 heteroatoms. The SMILES string of the molecule is CCC12CC(O)CC(C)C1O2. The van der Waals surface area contributed by atoms with Gasteiger partial charge in [0.1, 0.15) is 0 Å². The quantitative estimate of drug-likeness (QED) is 0.581. The van der Waals surface area contributed by atoms with Crippen LogP contribution in [0.3, 0.4) is 0 Å². The highest BCUT2D eigenvalue weighted by Crippen LogP contribution is 2.52. The van der Waals surface area contributed by atoms with Crippen molar-refractivity contribution in [2.75, 3.05) is 0 Å². The van der Waals surface area contributed by atoms with Crippen LogP contribution in [-0.4, -0.2) is 22.9 Å². The smallest absolute Gasteiger partial charge is 0.0973 e. The normalized spacial score (nSPS) is 55.4. The van der Waals surface area contributed by atoms with Crippen molar-refractivity contribution in [1.29, 1.82) is 0 Å². The molecule has 1 saturated carbocycles. The van der Waals surface area contributed by atoms with Gasteiger partial charge in [-0.3, -0.25) is 0 Å². The molecule has 1 saturated heterocycles. The molecule has 2 fully saturated rings. The van der Waals surface area contributed by atoms with Crippen molar-refractivity contribution >= 4 is 0 Å². The minimum atomic E-state index is -0.122. The molecule has 4 atom stereocenters. The Labute approximate surface area is 67.6 Å². The zero-order chi connectivity index (χ0) is 8.06. The zero-order valence-electron chi connectivity index (χ0n) is 7.21. The third kappa shape index (κ3) is 1.00. The number of hydrogen-bond donors (Lipinski definition) is 1.